The molecule has 2 fully saturated rings. The number of aromatic nitrogens is 1. The van der Waals surface area contributed by atoms with Crippen molar-refractivity contribution < 1.29 is 9.53 Å². The molecule has 1 N–H and O–H groups in total. The lowest BCUT2D eigenvalue weighted by atomic mass is 9.86. The largest absolute Gasteiger partial charge is 0.490 e. The first-order valence-corrected chi connectivity index (χ1v) is 12.6. The number of ether oxygens (including phenoxy) is 1. The Morgan fingerprint density at radius 3 is 2.58 bits per heavy atom. The molecule has 2 aromatic rings. The first kappa shape index (κ1) is 23.7. The molecule has 0 bridgehead atoms. The molecule has 2 atom stereocenters. The number of amides is 1. The molecule has 178 valence electrons. The van der Waals surface area contributed by atoms with Crippen LogP contribution in [0.3, 0.4) is 0 Å². The van der Waals surface area contributed by atoms with E-state index < -0.39 is 5.41 Å². The van der Waals surface area contributed by atoms with Crippen molar-refractivity contribution in [1.29, 1.82) is 0 Å². The average Bonchev–Trinajstić information content (AvgIpc) is 3.32. The molecule has 4 rings (SSSR count). The number of piperidine rings is 1. The van der Waals surface area contributed by atoms with Crippen LogP contribution >= 0.6 is 0 Å². The molecule has 5 heteroatoms. The maximum atomic E-state index is 12.9. The van der Waals surface area contributed by atoms with Gasteiger partial charge in [-0.1, -0.05) is 45.0 Å². The summed E-state index contributed by atoms with van der Waals surface area (Å²) in [5.41, 5.74) is 1.78. The van der Waals surface area contributed by atoms with Crippen molar-refractivity contribution in [1.82, 2.24) is 15.2 Å². The zero-order valence-corrected chi connectivity index (χ0v) is 20.4. The number of carbonyl (C=O) groups excluding carboxylic acids is 1. The van der Waals surface area contributed by atoms with Crippen molar-refractivity contribution in [3.63, 3.8) is 0 Å². The molecule has 1 aromatic heterocycles. The minimum absolute atomic E-state index is 0.0746. The first-order chi connectivity index (χ1) is 15.9. The van der Waals surface area contributed by atoms with Crippen LogP contribution in [-0.4, -0.2) is 35.0 Å². The van der Waals surface area contributed by atoms with Crippen molar-refractivity contribution in [3.05, 3.63) is 59.9 Å². The van der Waals surface area contributed by atoms with Crippen LogP contribution in [0.5, 0.6) is 5.75 Å². The minimum Gasteiger partial charge on any atom is -0.490 e. The minimum atomic E-state index is -0.433. The van der Waals surface area contributed by atoms with Gasteiger partial charge in [0, 0.05) is 30.3 Å². The Balaban J connectivity index is 1.48. The highest BCUT2D eigenvalue weighted by Crippen LogP contribution is 2.32. The van der Waals surface area contributed by atoms with Crippen molar-refractivity contribution >= 4 is 5.91 Å². The number of hydrogen-bond acceptors (Lipinski definition) is 4. The van der Waals surface area contributed by atoms with E-state index in [1.54, 1.807) is 0 Å². The van der Waals surface area contributed by atoms with Crippen LogP contribution in [0.25, 0.3) is 0 Å². The lowest BCUT2D eigenvalue weighted by Crippen LogP contribution is -2.45. The summed E-state index contributed by atoms with van der Waals surface area (Å²) in [6, 6.07) is 14.4. The molecule has 1 saturated carbocycles. The molecule has 2 heterocycles. The Morgan fingerprint density at radius 2 is 1.85 bits per heavy atom. The molecule has 5 nitrogen and oxygen atoms in total. The van der Waals surface area contributed by atoms with Gasteiger partial charge in [0.1, 0.15) is 5.75 Å². The summed E-state index contributed by atoms with van der Waals surface area (Å²) in [5.74, 6) is 1.43. The quantitative estimate of drug-likeness (QED) is 0.605. The predicted octanol–water partition coefficient (Wildman–Crippen LogP) is 5.52. The lowest BCUT2D eigenvalue weighted by molar-refractivity contribution is -0.130. The van der Waals surface area contributed by atoms with Crippen LogP contribution in [0, 0.1) is 11.3 Å². The van der Waals surface area contributed by atoms with Gasteiger partial charge in [-0.05, 0) is 69.2 Å². The number of benzene rings is 1. The summed E-state index contributed by atoms with van der Waals surface area (Å²) < 4.78 is 6.39. The Bertz CT molecular complexity index is 903. The van der Waals surface area contributed by atoms with Gasteiger partial charge in [0.15, 0.2) is 0 Å². The Morgan fingerprint density at radius 1 is 1.09 bits per heavy atom. The monoisotopic (exact) mass is 449 g/mol. The van der Waals surface area contributed by atoms with Crippen LogP contribution in [0.1, 0.15) is 76.6 Å². The van der Waals surface area contributed by atoms with E-state index in [2.05, 4.69) is 39.5 Å². The molecule has 1 amide bonds. The van der Waals surface area contributed by atoms with Gasteiger partial charge in [0.2, 0.25) is 5.91 Å². The Labute approximate surface area is 198 Å². The SMILES string of the molecule is CC(C)(C)C(=O)N[C@H](c1ccccn1)[C@H]1CCCN(Cc2ccccc2OC2CCCC2)C1. The van der Waals surface area contributed by atoms with E-state index in [4.69, 9.17) is 4.74 Å². The van der Waals surface area contributed by atoms with Crippen molar-refractivity contribution in [2.24, 2.45) is 11.3 Å². The summed E-state index contributed by atoms with van der Waals surface area (Å²) in [4.78, 5) is 20.0. The predicted molar refractivity (Wildman–Crippen MR) is 132 cm³/mol. The molecule has 33 heavy (non-hydrogen) atoms. The number of para-hydroxylation sites is 1. The molecular weight excluding hydrogens is 410 g/mol. The van der Waals surface area contributed by atoms with Gasteiger partial charge in [0.25, 0.3) is 0 Å². The van der Waals surface area contributed by atoms with Gasteiger partial charge in [-0.3, -0.25) is 14.7 Å². The van der Waals surface area contributed by atoms with E-state index in [1.807, 2.05) is 45.2 Å². The zero-order valence-electron chi connectivity index (χ0n) is 20.4. The van der Waals surface area contributed by atoms with E-state index in [9.17, 15) is 4.79 Å². The van der Waals surface area contributed by atoms with Crippen LogP contribution in [0.2, 0.25) is 0 Å². The smallest absolute Gasteiger partial charge is 0.225 e. The summed E-state index contributed by atoms with van der Waals surface area (Å²) in [6.07, 6.45) is 9.27. The van der Waals surface area contributed by atoms with Crippen LogP contribution in [-0.2, 0) is 11.3 Å². The molecule has 1 aromatic carbocycles. The van der Waals surface area contributed by atoms with Crippen LogP contribution in [0.15, 0.2) is 48.7 Å². The van der Waals surface area contributed by atoms with Gasteiger partial charge in [0.05, 0.1) is 17.8 Å². The molecule has 0 spiro atoms. The third-order valence-corrected chi connectivity index (χ3v) is 6.95. The molecular formula is C28H39N3O2. The highest BCUT2D eigenvalue weighted by molar-refractivity contribution is 5.81. The van der Waals surface area contributed by atoms with Gasteiger partial charge in [-0.2, -0.15) is 0 Å². The number of rotatable bonds is 7. The Kier molecular flexibility index (Phi) is 7.69. The number of hydrogen-bond donors (Lipinski definition) is 1. The summed E-state index contributed by atoms with van der Waals surface area (Å²) >= 11 is 0. The molecule has 1 aliphatic carbocycles. The van der Waals surface area contributed by atoms with E-state index in [0.29, 0.717) is 12.0 Å². The third kappa shape index (κ3) is 6.35. The van der Waals surface area contributed by atoms with E-state index in [1.165, 1.54) is 31.2 Å². The second-order valence-electron chi connectivity index (χ2n) is 10.7. The number of carbonyl (C=O) groups is 1. The topological polar surface area (TPSA) is 54.5 Å². The second kappa shape index (κ2) is 10.7. The first-order valence-electron chi connectivity index (χ1n) is 12.6. The molecule has 0 unspecified atom stereocenters. The highest BCUT2D eigenvalue weighted by atomic mass is 16.5. The van der Waals surface area contributed by atoms with Gasteiger partial charge < -0.3 is 10.1 Å². The second-order valence-corrected chi connectivity index (χ2v) is 10.7. The highest BCUT2D eigenvalue weighted by Gasteiger charge is 2.33. The van der Waals surface area contributed by atoms with E-state index >= 15 is 0 Å². The normalized spacial score (nSPS) is 21.0. The fraction of sp³-hybridized carbons (Fsp3) is 0.571. The summed E-state index contributed by atoms with van der Waals surface area (Å²) in [7, 11) is 0. The van der Waals surface area contributed by atoms with Crippen molar-refractivity contribution in [3.8, 4) is 5.75 Å². The number of pyridine rings is 1. The van der Waals surface area contributed by atoms with Crippen LogP contribution in [0.4, 0.5) is 0 Å². The lowest BCUT2D eigenvalue weighted by Gasteiger charge is -2.38. The Hall–Kier alpha value is -2.40. The molecule has 2 aliphatic rings. The number of nitrogens with one attached hydrogen (secondary N) is 1. The molecule has 1 saturated heterocycles. The van der Waals surface area contributed by atoms with Gasteiger partial charge in [-0.15, -0.1) is 0 Å². The third-order valence-electron chi connectivity index (χ3n) is 6.95. The van der Waals surface area contributed by atoms with E-state index in [-0.39, 0.29) is 11.9 Å². The fourth-order valence-corrected chi connectivity index (χ4v) is 5.03. The summed E-state index contributed by atoms with van der Waals surface area (Å²) in [5, 5.41) is 3.33. The van der Waals surface area contributed by atoms with Crippen molar-refractivity contribution in [2.75, 3.05) is 13.1 Å². The molecule has 1 aliphatic heterocycles. The van der Waals surface area contributed by atoms with Gasteiger partial charge in [-0.25, -0.2) is 0 Å². The maximum Gasteiger partial charge on any atom is 0.225 e. The van der Waals surface area contributed by atoms with Crippen LogP contribution < -0.4 is 10.1 Å². The summed E-state index contributed by atoms with van der Waals surface area (Å²) in [6.45, 7) is 8.77. The standard InChI is InChI=1S/C28H39N3O2/c1-28(2,3)27(32)30-26(24-15-8-9-17-29-24)22-12-10-18-31(20-22)19-21-11-4-7-16-25(21)33-23-13-5-6-14-23/h4,7-9,11,15-17,22-23,26H,5-6,10,12-14,18-20H2,1-3H3,(H,30,32)/t22-,26-/m0/s1. The fourth-order valence-electron chi connectivity index (χ4n) is 5.03. The number of likely N-dealkylation sites (tertiary alicyclic amines) is 1. The molecule has 0 radical (unpaired) electrons. The maximum absolute atomic E-state index is 12.9. The zero-order chi connectivity index (χ0) is 23.3. The van der Waals surface area contributed by atoms with Crippen molar-refractivity contribution in [2.45, 2.75) is 78.0 Å². The van der Waals surface area contributed by atoms with E-state index in [0.717, 1.165) is 43.9 Å². The van der Waals surface area contributed by atoms with Gasteiger partial charge >= 0.3 is 0 Å². The number of nitrogens with zero attached hydrogens (tertiary/aromatic N) is 2. The average molecular weight is 450 g/mol.